The summed E-state index contributed by atoms with van der Waals surface area (Å²) < 4.78 is 52.2. The Morgan fingerprint density at radius 3 is 1.38 bits per heavy atom. The summed E-state index contributed by atoms with van der Waals surface area (Å²) in [6, 6.07) is 0. The highest BCUT2D eigenvalue weighted by molar-refractivity contribution is 7.87. The minimum Gasteiger partial charge on any atom is -0.387 e. The van der Waals surface area contributed by atoms with Crippen LogP contribution in [0.4, 0.5) is 0 Å². The van der Waals surface area contributed by atoms with Crippen molar-refractivity contribution < 1.29 is 25.2 Å². The van der Waals surface area contributed by atoms with Crippen LogP contribution >= 0.6 is 0 Å². The van der Waals surface area contributed by atoms with Gasteiger partial charge in [-0.25, -0.2) is 0 Å². The van der Waals surface area contributed by atoms with Crippen LogP contribution in [0.15, 0.2) is 37.8 Å². The highest BCUT2D eigenvalue weighted by Gasteiger charge is 2.07. The molecule has 0 aliphatic rings. The molecule has 0 atom stereocenters. The maximum Gasteiger partial charge on any atom is 0.312 e. The van der Waals surface area contributed by atoms with Gasteiger partial charge in [0.15, 0.2) is 0 Å². The lowest BCUT2D eigenvalue weighted by Gasteiger charge is -2.00. The van der Waals surface area contributed by atoms with Gasteiger partial charge in [-0.2, -0.15) is 16.8 Å². The van der Waals surface area contributed by atoms with Crippen LogP contribution in [0.1, 0.15) is 0 Å². The van der Waals surface area contributed by atoms with Crippen molar-refractivity contribution in [3.8, 4) is 0 Å². The number of hydrogen-bond donors (Lipinski definition) is 0. The van der Waals surface area contributed by atoms with Crippen LogP contribution in [0.2, 0.25) is 0 Å². The Hall–Kier alpha value is -1.28. The fourth-order valence-electron chi connectivity index (χ4n) is 0.582. The van der Waals surface area contributed by atoms with E-state index in [9.17, 15) is 16.8 Å². The predicted molar refractivity (Wildman–Crippen MR) is 59.3 cm³/mol. The fraction of sp³-hybridized carbons (Fsp3) is 0.250. The second kappa shape index (κ2) is 6.33. The van der Waals surface area contributed by atoms with Gasteiger partial charge < -0.3 is 8.37 Å². The molecule has 0 saturated carbocycles. The van der Waals surface area contributed by atoms with E-state index in [4.69, 9.17) is 0 Å². The molecule has 0 amide bonds. The summed E-state index contributed by atoms with van der Waals surface area (Å²) in [5, 5.41) is 0. The van der Waals surface area contributed by atoms with E-state index in [0.717, 1.165) is 12.2 Å². The molecule has 0 aliphatic heterocycles. The van der Waals surface area contributed by atoms with Crippen molar-refractivity contribution >= 4 is 20.2 Å². The topological polar surface area (TPSA) is 86.7 Å². The summed E-state index contributed by atoms with van der Waals surface area (Å²) in [5.41, 5.74) is 0. The molecule has 0 N–H and O–H groups in total. The average Bonchev–Trinajstić information content (AvgIpc) is 2.12. The third-order valence-corrected chi connectivity index (χ3v) is 3.20. The molecule has 0 aliphatic carbocycles. The lowest BCUT2D eigenvalue weighted by molar-refractivity contribution is 0.404. The molecule has 0 bridgehead atoms. The molecule has 6 nitrogen and oxygen atoms in total. The third kappa shape index (κ3) is 7.07. The van der Waals surface area contributed by atoms with Crippen molar-refractivity contribution in [3.05, 3.63) is 37.8 Å². The zero-order valence-electron chi connectivity index (χ0n) is 8.40. The van der Waals surface area contributed by atoms with Gasteiger partial charge in [0, 0.05) is 0 Å². The first-order valence-corrected chi connectivity index (χ1v) is 7.17. The zero-order valence-corrected chi connectivity index (χ0v) is 10.0. The molecule has 0 aromatic carbocycles. The Bertz CT molecular complexity index is 413. The first-order chi connectivity index (χ1) is 7.33. The minimum absolute atomic E-state index is 0.378. The van der Waals surface area contributed by atoms with E-state index in [1.165, 1.54) is 0 Å². The van der Waals surface area contributed by atoms with E-state index in [1.54, 1.807) is 0 Å². The quantitative estimate of drug-likeness (QED) is 0.362. The highest BCUT2D eigenvalue weighted by Crippen LogP contribution is 1.98. The van der Waals surface area contributed by atoms with Crippen LogP contribution in [0.3, 0.4) is 0 Å². The van der Waals surface area contributed by atoms with E-state index in [0.29, 0.717) is 12.5 Å². The monoisotopic (exact) mass is 268 g/mol. The average molecular weight is 268 g/mol. The smallest absolute Gasteiger partial charge is 0.312 e. The van der Waals surface area contributed by atoms with Gasteiger partial charge in [0.2, 0.25) is 0 Å². The summed E-state index contributed by atoms with van der Waals surface area (Å²) in [5.74, 6) is -0.756. The molecule has 0 radical (unpaired) electrons. The Labute approximate surface area is 95.1 Å². The standard InChI is InChI=1S/C8H12O6S2/c1-3-7-15(9,10)13-5-6-14-16(11,12)8-4-2/h3-6H,1-2,7-8H2/b6-5+. The largest absolute Gasteiger partial charge is 0.387 e. The Morgan fingerprint density at radius 2 is 1.12 bits per heavy atom. The molecule has 0 heterocycles. The van der Waals surface area contributed by atoms with Crippen molar-refractivity contribution in [3.63, 3.8) is 0 Å². The summed E-state index contributed by atoms with van der Waals surface area (Å²) in [7, 11) is -7.52. The normalized spacial score (nSPS) is 12.2. The maximum absolute atomic E-state index is 10.9. The van der Waals surface area contributed by atoms with Gasteiger partial charge in [-0.1, -0.05) is 12.2 Å². The summed E-state index contributed by atoms with van der Waals surface area (Å²) >= 11 is 0. The number of rotatable bonds is 8. The van der Waals surface area contributed by atoms with Gasteiger partial charge in [0.1, 0.15) is 24.0 Å². The molecular weight excluding hydrogens is 256 g/mol. The van der Waals surface area contributed by atoms with Crippen molar-refractivity contribution in [1.82, 2.24) is 0 Å². The first kappa shape index (κ1) is 14.7. The van der Waals surface area contributed by atoms with Gasteiger partial charge in [-0.3, -0.25) is 0 Å². The van der Waals surface area contributed by atoms with E-state index in [-0.39, 0.29) is 11.5 Å². The first-order valence-electron chi connectivity index (χ1n) is 4.02. The molecule has 0 fully saturated rings. The Balaban J connectivity index is 4.24. The lowest BCUT2D eigenvalue weighted by atomic mass is 10.8. The van der Waals surface area contributed by atoms with Crippen LogP contribution in [-0.4, -0.2) is 28.3 Å². The second-order valence-electron chi connectivity index (χ2n) is 2.49. The fourth-order valence-corrected chi connectivity index (χ4v) is 1.75. The molecule has 0 aromatic rings. The van der Waals surface area contributed by atoms with Gasteiger partial charge >= 0.3 is 20.2 Å². The van der Waals surface area contributed by atoms with Crippen molar-refractivity contribution in [1.29, 1.82) is 0 Å². The zero-order chi connectivity index (χ0) is 12.7. The van der Waals surface area contributed by atoms with Crippen molar-refractivity contribution in [2.75, 3.05) is 11.5 Å². The molecule has 92 valence electrons. The van der Waals surface area contributed by atoms with Gasteiger partial charge in [0.05, 0.1) is 0 Å². The molecule has 0 unspecified atom stereocenters. The summed E-state index contributed by atoms with van der Waals surface area (Å²) in [4.78, 5) is 0. The molecular formula is C8H12O6S2. The van der Waals surface area contributed by atoms with Gasteiger partial charge in [-0.15, -0.1) is 13.2 Å². The maximum atomic E-state index is 10.9. The Morgan fingerprint density at radius 1 is 0.812 bits per heavy atom. The molecule has 16 heavy (non-hydrogen) atoms. The molecule has 0 aromatic heterocycles. The lowest BCUT2D eigenvalue weighted by Crippen LogP contribution is -2.06. The van der Waals surface area contributed by atoms with Gasteiger partial charge in [-0.05, 0) is 0 Å². The van der Waals surface area contributed by atoms with Crippen molar-refractivity contribution in [2.24, 2.45) is 0 Å². The van der Waals surface area contributed by atoms with Crippen LogP contribution < -0.4 is 0 Å². The van der Waals surface area contributed by atoms with E-state index >= 15 is 0 Å². The SMILES string of the molecule is C=CCS(=O)(=O)O/C=C/OS(=O)(=O)CC=C. The van der Waals surface area contributed by atoms with E-state index in [1.807, 2.05) is 0 Å². The van der Waals surface area contributed by atoms with Crippen LogP contribution in [0, 0.1) is 0 Å². The predicted octanol–water partition coefficient (Wildman–Crippen LogP) is 0.522. The summed E-state index contributed by atoms with van der Waals surface area (Å²) in [6.07, 6.45) is 3.52. The molecule has 0 spiro atoms. The van der Waals surface area contributed by atoms with Crippen molar-refractivity contribution in [2.45, 2.75) is 0 Å². The van der Waals surface area contributed by atoms with Gasteiger partial charge in [0.25, 0.3) is 0 Å². The van der Waals surface area contributed by atoms with Crippen LogP contribution in [0.5, 0.6) is 0 Å². The molecule has 0 rings (SSSR count). The minimum atomic E-state index is -3.76. The van der Waals surface area contributed by atoms with Crippen LogP contribution in [-0.2, 0) is 28.6 Å². The number of hydrogen-bond acceptors (Lipinski definition) is 6. The van der Waals surface area contributed by atoms with Crippen LogP contribution in [0.25, 0.3) is 0 Å². The van der Waals surface area contributed by atoms with E-state index in [2.05, 4.69) is 21.5 Å². The Kier molecular flexibility index (Phi) is 5.83. The second-order valence-corrected chi connectivity index (χ2v) is 5.77. The summed E-state index contributed by atoms with van der Waals surface area (Å²) in [6.45, 7) is 6.43. The molecule has 8 heteroatoms. The third-order valence-electron chi connectivity index (χ3n) is 1.10. The van der Waals surface area contributed by atoms with E-state index < -0.39 is 20.2 Å². The molecule has 0 saturated heterocycles. The highest BCUT2D eigenvalue weighted by atomic mass is 32.2.